The third kappa shape index (κ3) is 3.66. The molecule has 7 nitrogen and oxygen atoms in total. The van der Waals surface area contributed by atoms with E-state index < -0.39 is 5.09 Å². The van der Waals surface area contributed by atoms with Crippen LogP contribution in [-0.2, 0) is 17.7 Å². The molecule has 0 aliphatic carbocycles. The van der Waals surface area contributed by atoms with Crippen LogP contribution in [0, 0.1) is 22.2 Å². The number of pyridine rings is 1. The second-order valence-corrected chi connectivity index (χ2v) is 5.50. The lowest BCUT2D eigenvalue weighted by atomic mass is 10.2. The number of hydrogen-bond acceptors (Lipinski definition) is 6. The summed E-state index contributed by atoms with van der Waals surface area (Å²) >= 11 is 1.46. The Bertz CT molecular complexity index is 657. The minimum Gasteiger partial charge on any atom is -0.619 e. The van der Waals surface area contributed by atoms with Gasteiger partial charge in [0.1, 0.15) is 11.6 Å². The summed E-state index contributed by atoms with van der Waals surface area (Å²) in [6, 6.07) is 3.55. The smallest absolute Gasteiger partial charge is 0.294 e. The van der Waals surface area contributed by atoms with E-state index in [9.17, 15) is 15.3 Å². The van der Waals surface area contributed by atoms with Crippen LogP contribution in [0.25, 0.3) is 10.6 Å². The largest absolute Gasteiger partial charge is 0.619 e. The molecule has 0 saturated heterocycles. The molecular formula is C13H15N3O4S. The van der Waals surface area contributed by atoms with E-state index in [1.54, 1.807) is 6.07 Å². The van der Waals surface area contributed by atoms with Crippen molar-refractivity contribution in [3.05, 3.63) is 49.9 Å². The summed E-state index contributed by atoms with van der Waals surface area (Å²) in [6.07, 6.45) is 2.56. The van der Waals surface area contributed by atoms with Gasteiger partial charge in [0.15, 0.2) is 11.9 Å². The normalized spacial score (nSPS) is 10.6. The number of nitrogens with zero attached hydrogens (tertiary/aromatic N) is 3. The lowest BCUT2D eigenvalue weighted by Crippen LogP contribution is -2.30. The van der Waals surface area contributed by atoms with Gasteiger partial charge in [-0.05, 0) is 6.92 Å². The summed E-state index contributed by atoms with van der Waals surface area (Å²) in [5.74, 6) is 0. The van der Waals surface area contributed by atoms with Crippen molar-refractivity contribution in [1.29, 1.82) is 0 Å². The van der Waals surface area contributed by atoms with E-state index in [-0.39, 0.29) is 6.61 Å². The van der Waals surface area contributed by atoms with Gasteiger partial charge in [-0.1, -0.05) is 6.92 Å². The predicted octanol–water partition coefficient (Wildman–Crippen LogP) is 2.07. The van der Waals surface area contributed by atoms with Gasteiger partial charge in [0.25, 0.3) is 5.09 Å². The monoisotopic (exact) mass is 309 g/mol. The molecule has 2 aromatic heterocycles. The maximum absolute atomic E-state index is 11.5. The Balaban J connectivity index is 2.19. The molecule has 8 heteroatoms. The third-order valence-electron chi connectivity index (χ3n) is 3.02. The van der Waals surface area contributed by atoms with Crippen LogP contribution in [0.5, 0.6) is 0 Å². The van der Waals surface area contributed by atoms with E-state index in [0.29, 0.717) is 18.5 Å². The van der Waals surface area contributed by atoms with Crippen molar-refractivity contribution in [3.8, 4) is 10.6 Å². The van der Waals surface area contributed by atoms with Crippen LogP contribution in [0.4, 0.5) is 0 Å². The van der Waals surface area contributed by atoms with Gasteiger partial charge in [-0.2, -0.15) is 4.73 Å². The number of aryl methyl sites for hydroxylation is 2. The Morgan fingerprint density at radius 3 is 2.95 bits per heavy atom. The van der Waals surface area contributed by atoms with Crippen molar-refractivity contribution in [1.82, 2.24) is 4.98 Å². The minimum atomic E-state index is -0.797. The van der Waals surface area contributed by atoms with Crippen LogP contribution < -0.4 is 4.73 Å². The van der Waals surface area contributed by atoms with E-state index in [0.717, 1.165) is 25.9 Å². The number of rotatable bonds is 6. The van der Waals surface area contributed by atoms with Gasteiger partial charge in [-0.3, -0.25) is 0 Å². The highest BCUT2D eigenvalue weighted by atomic mass is 32.1. The Hall–Kier alpha value is -2.22. The number of thiazole rings is 1. The number of hydrogen-bond donors (Lipinski definition) is 0. The molecule has 0 aliphatic rings. The quantitative estimate of drug-likeness (QED) is 0.352. The lowest BCUT2D eigenvalue weighted by Gasteiger charge is -2.03. The van der Waals surface area contributed by atoms with Crippen LogP contribution >= 0.6 is 11.3 Å². The molecule has 0 bridgehead atoms. The molecule has 0 aliphatic heterocycles. The average Bonchev–Trinajstić information content (AvgIpc) is 2.80. The van der Waals surface area contributed by atoms with Gasteiger partial charge < -0.3 is 10.0 Å². The summed E-state index contributed by atoms with van der Waals surface area (Å²) in [5.41, 5.74) is 2.39. The van der Waals surface area contributed by atoms with Crippen molar-refractivity contribution >= 4 is 11.3 Å². The first-order valence-electron chi connectivity index (χ1n) is 6.47. The molecule has 112 valence electrons. The molecule has 0 N–H and O–H groups in total. The molecule has 0 amide bonds. The van der Waals surface area contributed by atoms with Crippen molar-refractivity contribution in [2.75, 3.05) is 6.61 Å². The van der Waals surface area contributed by atoms with E-state index in [4.69, 9.17) is 0 Å². The molecule has 0 atom stereocenters. The minimum absolute atomic E-state index is 0.0189. The van der Waals surface area contributed by atoms with E-state index in [1.807, 2.05) is 19.9 Å². The molecular weight excluding hydrogens is 294 g/mol. The molecule has 0 spiro atoms. The Morgan fingerprint density at radius 2 is 2.29 bits per heavy atom. The van der Waals surface area contributed by atoms with E-state index in [2.05, 4.69) is 9.82 Å². The molecule has 2 rings (SSSR count). The van der Waals surface area contributed by atoms with Crippen molar-refractivity contribution in [2.24, 2.45) is 0 Å². The zero-order valence-corrected chi connectivity index (χ0v) is 12.6. The summed E-state index contributed by atoms with van der Waals surface area (Å²) in [7, 11) is 0. The highest BCUT2D eigenvalue weighted by Gasteiger charge is 2.13. The first kappa shape index (κ1) is 15.2. The highest BCUT2D eigenvalue weighted by molar-refractivity contribution is 7.15. The second-order valence-electron chi connectivity index (χ2n) is 4.42. The molecule has 0 unspecified atom stereocenters. The molecule has 0 radical (unpaired) electrons. The van der Waals surface area contributed by atoms with Gasteiger partial charge >= 0.3 is 0 Å². The maximum Gasteiger partial charge on any atom is 0.294 e. The summed E-state index contributed by atoms with van der Waals surface area (Å²) in [4.78, 5) is 19.9. The summed E-state index contributed by atoms with van der Waals surface area (Å²) in [6.45, 7) is 3.80. The maximum atomic E-state index is 11.5. The zero-order chi connectivity index (χ0) is 15.4. The summed E-state index contributed by atoms with van der Waals surface area (Å²) in [5, 5.41) is 21.7. The van der Waals surface area contributed by atoms with Gasteiger partial charge in [0.2, 0.25) is 0 Å². The molecule has 0 aromatic carbocycles. The van der Waals surface area contributed by atoms with Crippen molar-refractivity contribution < 1.29 is 14.7 Å². The lowest BCUT2D eigenvalue weighted by molar-refractivity contribution is -0.757. The Morgan fingerprint density at radius 1 is 1.52 bits per heavy atom. The van der Waals surface area contributed by atoms with Crippen LogP contribution in [0.15, 0.2) is 18.3 Å². The molecule has 2 heterocycles. The van der Waals surface area contributed by atoms with Gasteiger partial charge in [0.05, 0.1) is 5.69 Å². The SMILES string of the molecule is CCc1cc(-c2nc(C)c(CCO[N+](=O)[O-])s2)cc[n+]1[O-]. The van der Waals surface area contributed by atoms with Crippen LogP contribution in [-0.4, -0.2) is 16.7 Å². The fourth-order valence-electron chi connectivity index (χ4n) is 1.92. The molecule has 21 heavy (non-hydrogen) atoms. The average molecular weight is 309 g/mol. The van der Waals surface area contributed by atoms with Crippen LogP contribution in [0.2, 0.25) is 0 Å². The number of aromatic nitrogens is 2. The molecule has 2 aromatic rings. The Kier molecular flexibility index (Phi) is 4.69. The van der Waals surface area contributed by atoms with E-state index >= 15 is 0 Å². The first-order chi connectivity index (χ1) is 10.0. The fourth-order valence-corrected chi connectivity index (χ4v) is 2.96. The van der Waals surface area contributed by atoms with Gasteiger partial charge in [-0.25, -0.2) is 4.98 Å². The molecule has 0 fully saturated rings. The Labute approximate surface area is 125 Å². The predicted molar refractivity (Wildman–Crippen MR) is 77.3 cm³/mol. The second kappa shape index (κ2) is 6.49. The first-order valence-corrected chi connectivity index (χ1v) is 7.29. The van der Waals surface area contributed by atoms with Crippen molar-refractivity contribution in [2.45, 2.75) is 26.7 Å². The standard InChI is InChI=1S/C13H15N3O4S/c1-3-11-8-10(4-6-15(11)17)13-14-9(2)12(21-13)5-7-20-16(18)19/h4,6,8H,3,5,7H2,1-2H3. The molecule has 0 saturated carbocycles. The fraction of sp³-hybridized carbons (Fsp3) is 0.385. The van der Waals surface area contributed by atoms with Crippen LogP contribution in [0.1, 0.15) is 23.2 Å². The van der Waals surface area contributed by atoms with Crippen molar-refractivity contribution in [3.63, 3.8) is 0 Å². The summed E-state index contributed by atoms with van der Waals surface area (Å²) < 4.78 is 0.843. The highest BCUT2D eigenvalue weighted by Crippen LogP contribution is 2.28. The third-order valence-corrected chi connectivity index (χ3v) is 4.29. The van der Waals surface area contributed by atoms with Gasteiger partial charge in [-0.15, -0.1) is 21.5 Å². The zero-order valence-electron chi connectivity index (χ0n) is 11.7. The topological polar surface area (TPSA) is 92.2 Å². The van der Waals surface area contributed by atoms with Gasteiger partial charge in [0, 0.05) is 35.4 Å². The van der Waals surface area contributed by atoms with E-state index in [1.165, 1.54) is 17.5 Å². The van der Waals surface area contributed by atoms with Crippen LogP contribution in [0.3, 0.4) is 0 Å².